The third-order valence-corrected chi connectivity index (χ3v) is 5.46. The fraction of sp³-hybridized carbons (Fsp3) is 0.0385. The first kappa shape index (κ1) is 23.7. The summed E-state index contributed by atoms with van der Waals surface area (Å²) < 4.78 is 2.04. The molecule has 0 spiro atoms. The van der Waals surface area contributed by atoms with Crippen molar-refractivity contribution >= 4 is 83.6 Å². The first-order valence-electron chi connectivity index (χ1n) is 10.5. The molecule has 0 amide bonds. The molecule has 34 heavy (non-hydrogen) atoms. The van der Waals surface area contributed by atoms with Crippen LogP contribution in [0.4, 0.5) is 0 Å². The first-order valence-corrected chi connectivity index (χ1v) is 23.1. The molecule has 4 aromatic heterocycles. The Morgan fingerprint density at radius 2 is 1.24 bits per heavy atom. The Labute approximate surface area is 227 Å². The Balaban J connectivity index is 0.000000764. The van der Waals surface area contributed by atoms with Gasteiger partial charge in [0.2, 0.25) is 0 Å². The predicted octanol–water partition coefficient (Wildman–Crippen LogP) is 3.92. The number of nitrogens with zero attached hydrogens (tertiary/aromatic N) is 3. The van der Waals surface area contributed by atoms with E-state index in [9.17, 15) is 0 Å². The summed E-state index contributed by atoms with van der Waals surface area (Å²) in [5, 5.41) is 0. The summed E-state index contributed by atoms with van der Waals surface area (Å²) in [6, 6.07) is 18.9. The fourth-order valence-electron chi connectivity index (χ4n) is 3.94. The molecule has 5 nitrogen and oxygen atoms in total. The Bertz CT molecular complexity index is 1560. The SMILES string of the molecule is C[n+]1ccc(-c2cc3cc4ccc(cc5nc(cc6nc(cc2[nH]3)C=C6)C=C5)[nH]4)cc1.I[I-]I. The normalized spacial score (nSPS) is 12.0. The molecule has 2 aliphatic heterocycles. The number of hydrogen-bond acceptors (Lipinski definition) is 2. The molecular weight excluding hydrogens is 763 g/mol. The number of hydrogen-bond donors (Lipinski definition) is 2. The number of aromatic nitrogens is 5. The molecule has 8 bridgehead atoms. The first-order chi connectivity index (χ1) is 16.6. The molecule has 0 unspecified atom stereocenters. The van der Waals surface area contributed by atoms with Crippen LogP contribution in [0.15, 0.2) is 67.0 Å². The minimum absolute atomic E-state index is 0.530. The van der Waals surface area contributed by atoms with E-state index in [0.29, 0.717) is 13.3 Å². The molecule has 0 saturated carbocycles. The third-order valence-electron chi connectivity index (χ3n) is 5.46. The summed E-state index contributed by atoms with van der Waals surface area (Å²) in [5.74, 6) is 0. The quantitative estimate of drug-likeness (QED) is 0.197. The van der Waals surface area contributed by atoms with Crippen LogP contribution >= 0.6 is 37.2 Å². The van der Waals surface area contributed by atoms with Gasteiger partial charge in [-0.2, -0.15) is 0 Å². The van der Waals surface area contributed by atoms with E-state index in [2.05, 4.69) is 107 Å². The molecule has 170 valence electrons. The molecule has 4 aromatic rings. The van der Waals surface area contributed by atoms with Crippen molar-refractivity contribution in [3.63, 3.8) is 0 Å². The van der Waals surface area contributed by atoms with Crippen molar-refractivity contribution in [1.29, 1.82) is 0 Å². The number of H-pyrrole nitrogens is 2. The number of nitrogens with one attached hydrogen (secondary N) is 2. The van der Waals surface area contributed by atoms with E-state index >= 15 is 0 Å². The molecule has 2 N–H and O–H groups in total. The summed E-state index contributed by atoms with van der Waals surface area (Å²) in [6.45, 7) is 0. The maximum absolute atomic E-state index is 4.77. The van der Waals surface area contributed by atoms with Gasteiger partial charge in [0.25, 0.3) is 0 Å². The second-order valence-electron chi connectivity index (χ2n) is 7.89. The van der Waals surface area contributed by atoms with Crippen molar-refractivity contribution in [1.82, 2.24) is 19.9 Å². The number of halogens is 3. The van der Waals surface area contributed by atoms with Gasteiger partial charge in [0, 0.05) is 39.8 Å². The van der Waals surface area contributed by atoms with Gasteiger partial charge in [-0.15, -0.1) is 0 Å². The zero-order valence-electron chi connectivity index (χ0n) is 18.1. The summed E-state index contributed by atoms with van der Waals surface area (Å²) >= 11 is 5.30. The van der Waals surface area contributed by atoms with E-state index in [0.717, 1.165) is 56.0 Å². The monoisotopic (exact) mass is 783 g/mol. The number of rotatable bonds is 1. The van der Waals surface area contributed by atoms with Crippen molar-refractivity contribution in [2.45, 2.75) is 0 Å². The molecule has 0 fully saturated rings. The van der Waals surface area contributed by atoms with Gasteiger partial charge in [0.05, 0.1) is 22.8 Å². The van der Waals surface area contributed by atoms with Crippen LogP contribution in [0.2, 0.25) is 0 Å². The van der Waals surface area contributed by atoms with Crippen LogP contribution in [0, 0.1) is 0 Å². The van der Waals surface area contributed by atoms with Crippen LogP contribution in [-0.2, 0) is 7.05 Å². The molecule has 0 saturated heterocycles. The second kappa shape index (κ2) is 10.7. The maximum atomic E-state index is 4.77. The molecule has 2 aliphatic rings. The third kappa shape index (κ3) is 5.60. The van der Waals surface area contributed by atoms with Crippen LogP contribution < -0.4 is 17.8 Å². The average molecular weight is 783 g/mol. The van der Waals surface area contributed by atoms with Crippen molar-refractivity contribution in [2.24, 2.45) is 7.05 Å². The van der Waals surface area contributed by atoms with E-state index in [-0.39, 0.29) is 0 Å². The van der Waals surface area contributed by atoms with Crippen LogP contribution in [-0.4, -0.2) is 19.9 Å². The van der Waals surface area contributed by atoms with E-state index in [1.165, 1.54) is 0 Å². The Morgan fingerprint density at radius 1 is 0.676 bits per heavy atom. The van der Waals surface area contributed by atoms with Crippen LogP contribution in [0.5, 0.6) is 0 Å². The molecule has 8 heteroatoms. The Hall–Kier alpha value is -2.06. The molecular formula is C26H20I3N5. The number of pyridine rings is 1. The summed E-state index contributed by atoms with van der Waals surface area (Å²) in [4.78, 5) is 16.5. The molecule has 0 aromatic carbocycles. The minimum atomic E-state index is 0.530. The van der Waals surface area contributed by atoms with Crippen LogP contribution in [0.3, 0.4) is 0 Å². The van der Waals surface area contributed by atoms with Gasteiger partial charge < -0.3 is 9.97 Å². The molecule has 0 atom stereocenters. The number of fused-ring (bicyclic) bond motifs is 8. The molecule has 6 heterocycles. The standard InChI is InChI=1S/C26H19N5.I3/c1-31-10-8-17(9-11-31)25-15-24-14-22-5-4-20(28-22)12-18-2-3-19(27-18)13-21-6-7-23(29-21)16-26(25)30-24;1-3-2/h2-16H,1H3,(H,27,28,29,30);/q;-1/p+1. The van der Waals surface area contributed by atoms with Gasteiger partial charge >= 0.3 is 50.5 Å². The summed E-state index contributed by atoms with van der Waals surface area (Å²) in [6.07, 6.45) is 12.2. The van der Waals surface area contributed by atoms with E-state index in [4.69, 9.17) is 4.98 Å². The van der Waals surface area contributed by atoms with E-state index in [1.54, 1.807) is 0 Å². The molecule has 0 radical (unpaired) electrons. The fourth-order valence-corrected chi connectivity index (χ4v) is 3.94. The van der Waals surface area contributed by atoms with Crippen molar-refractivity contribution in [2.75, 3.05) is 0 Å². The Morgan fingerprint density at radius 3 is 1.88 bits per heavy atom. The topological polar surface area (TPSA) is 61.2 Å². The summed E-state index contributed by atoms with van der Waals surface area (Å²) in [5.41, 5.74) is 10.1. The molecule has 6 rings (SSSR count). The van der Waals surface area contributed by atoms with Crippen molar-refractivity contribution in [3.8, 4) is 11.1 Å². The summed E-state index contributed by atoms with van der Waals surface area (Å²) in [7, 11) is 2.02. The van der Waals surface area contributed by atoms with Crippen molar-refractivity contribution < 1.29 is 17.8 Å². The van der Waals surface area contributed by atoms with Gasteiger partial charge in [-0.25, -0.2) is 14.5 Å². The van der Waals surface area contributed by atoms with Crippen LogP contribution in [0.1, 0.15) is 22.8 Å². The van der Waals surface area contributed by atoms with Crippen LogP contribution in [0.25, 0.3) is 57.5 Å². The number of aromatic amines is 2. The van der Waals surface area contributed by atoms with Gasteiger partial charge in [0.15, 0.2) is 12.4 Å². The Kier molecular flexibility index (Phi) is 7.44. The van der Waals surface area contributed by atoms with E-state index in [1.807, 2.05) is 48.1 Å². The molecule has 0 aliphatic carbocycles. The van der Waals surface area contributed by atoms with Gasteiger partial charge in [-0.3, -0.25) is 0 Å². The zero-order valence-corrected chi connectivity index (χ0v) is 24.6. The van der Waals surface area contributed by atoms with Gasteiger partial charge in [0.1, 0.15) is 7.05 Å². The zero-order chi connectivity index (χ0) is 23.5. The van der Waals surface area contributed by atoms with Gasteiger partial charge in [-0.1, -0.05) is 0 Å². The van der Waals surface area contributed by atoms with E-state index < -0.39 is 0 Å². The second-order valence-corrected chi connectivity index (χ2v) is 24.1. The number of aryl methyl sites for hydroxylation is 1. The van der Waals surface area contributed by atoms with Crippen molar-refractivity contribution in [3.05, 3.63) is 89.8 Å². The van der Waals surface area contributed by atoms with Gasteiger partial charge in [-0.05, 0) is 72.3 Å². The predicted molar refractivity (Wildman–Crippen MR) is 154 cm³/mol. The average Bonchev–Trinajstić information content (AvgIpc) is 3.60.